The molecule has 10 nitrogen and oxygen atoms in total. The van der Waals surface area contributed by atoms with Crippen molar-refractivity contribution in [1.29, 1.82) is 0 Å². The highest BCUT2D eigenvalue weighted by Crippen LogP contribution is 2.23. The largest absolute Gasteiger partial charge is 0.462 e. The number of carbonyl (C=O) groups excluding carboxylic acids is 2. The molecule has 0 spiro atoms. The summed E-state index contributed by atoms with van der Waals surface area (Å²) in [5.41, 5.74) is 0. The van der Waals surface area contributed by atoms with Crippen LogP contribution in [0, 0.1) is 0 Å². The molecule has 1 saturated heterocycles. The van der Waals surface area contributed by atoms with Gasteiger partial charge in [-0.1, -0.05) is 160 Å². The van der Waals surface area contributed by atoms with Crippen molar-refractivity contribution in [1.82, 2.24) is 0 Å². The summed E-state index contributed by atoms with van der Waals surface area (Å²) in [6.07, 6.45) is 32.1. The molecule has 0 aromatic carbocycles. The second kappa shape index (κ2) is 36.5. The van der Waals surface area contributed by atoms with E-state index in [0.29, 0.717) is 6.42 Å². The predicted molar refractivity (Wildman–Crippen MR) is 219 cm³/mol. The number of rotatable bonds is 37. The van der Waals surface area contributed by atoms with Gasteiger partial charge in [-0.3, -0.25) is 9.59 Å². The number of ether oxygens (including phenoxy) is 4. The number of carbonyl (C=O) groups is 2. The summed E-state index contributed by atoms with van der Waals surface area (Å²) in [5.74, 6) is -0.811. The average Bonchev–Trinajstić information content (AvgIpc) is 3.18. The van der Waals surface area contributed by atoms with Crippen LogP contribution < -0.4 is 0 Å². The lowest BCUT2D eigenvalue weighted by Crippen LogP contribution is -2.59. The van der Waals surface area contributed by atoms with E-state index in [-0.39, 0.29) is 32.0 Å². The van der Waals surface area contributed by atoms with E-state index in [9.17, 15) is 30.0 Å². The van der Waals surface area contributed by atoms with Crippen molar-refractivity contribution < 1.29 is 49.0 Å². The van der Waals surface area contributed by atoms with E-state index in [4.69, 9.17) is 18.9 Å². The van der Waals surface area contributed by atoms with Crippen LogP contribution in [0.4, 0.5) is 0 Å². The molecule has 0 aromatic rings. The number of aliphatic hydroxyl groups is 4. The number of esters is 2. The third-order valence-corrected chi connectivity index (χ3v) is 10.3. The van der Waals surface area contributed by atoms with Gasteiger partial charge >= 0.3 is 11.9 Å². The lowest BCUT2D eigenvalue weighted by Gasteiger charge is -2.39. The number of hydrogen-bond acceptors (Lipinski definition) is 10. The van der Waals surface area contributed by atoms with Crippen LogP contribution in [-0.4, -0.2) is 89.0 Å². The van der Waals surface area contributed by atoms with E-state index in [1.54, 1.807) is 0 Å². The quantitative estimate of drug-likeness (QED) is 0.0273. The van der Waals surface area contributed by atoms with Gasteiger partial charge in [0.2, 0.25) is 0 Å². The van der Waals surface area contributed by atoms with Crippen molar-refractivity contribution in [3.63, 3.8) is 0 Å². The first-order valence-corrected chi connectivity index (χ1v) is 22.4. The molecule has 1 heterocycles. The maximum absolute atomic E-state index is 12.7. The Hall–Kier alpha value is -1.82. The van der Waals surface area contributed by atoms with Gasteiger partial charge in [-0.15, -0.1) is 0 Å². The van der Waals surface area contributed by atoms with Crippen LogP contribution in [0.2, 0.25) is 0 Å². The minimum atomic E-state index is -1.59. The topological polar surface area (TPSA) is 152 Å². The van der Waals surface area contributed by atoms with Crippen LogP contribution in [0.1, 0.15) is 194 Å². The van der Waals surface area contributed by atoms with Crippen molar-refractivity contribution in [2.45, 2.75) is 230 Å². The molecule has 0 aromatic heterocycles. The van der Waals surface area contributed by atoms with Crippen LogP contribution in [-0.2, 0) is 28.5 Å². The Morgan fingerprint density at radius 3 is 1.51 bits per heavy atom. The summed E-state index contributed by atoms with van der Waals surface area (Å²) >= 11 is 0. The Kier molecular flexibility index (Phi) is 34.0. The van der Waals surface area contributed by atoms with E-state index >= 15 is 0 Å². The molecule has 0 bridgehead atoms. The van der Waals surface area contributed by atoms with Gasteiger partial charge < -0.3 is 39.4 Å². The van der Waals surface area contributed by atoms with E-state index in [2.05, 4.69) is 38.2 Å². The van der Waals surface area contributed by atoms with Crippen molar-refractivity contribution in [3.8, 4) is 0 Å². The molecule has 1 aliphatic rings. The maximum Gasteiger partial charge on any atom is 0.306 e. The third-order valence-electron chi connectivity index (χ3n) is 10.3. The summed E-state index contributed by atoms with van der Waals surface area (Å²) in [7, 11) is 0. The van der Waals surface area contributed by atoms with Crippen LogP contribution >= 0.6 is 0 Å². The van der Waals surface area contributed by atoms with Gasteiger partial charge in [0.25, 0.3) is 0 Å². The number of unbranched alkanes of at least 4 members (excludes halogenated alkanes) is 22. The normalized spacial score (nSPS) is 20.7. The highest BCUT2D eigenvalue weighted by molar-refractivity contribution is 5.70. The summed E-state index contributed by atoms with van der Waals surface area (Å²) < 4.78 is 22.1. The molecule has 10 heteroatoms. The first-order valence-electron chi connectivity index (χ1n) is 22.4. The zero-order valence-corrected chi connectivity index (χ0v) is 34.9. The summed E-state index contributed by atoms with van der Waals surface area (Å²) in [6, 6.07) is 0. The van der Waals surface area contributed by atoms with Crippen LogP contribution in [0.3, 0.4) is 0 Å². The van der Waals surface area contributed by atoms with Crippen LogP contribution in [0.15, 0.2) is 24.3 Å². The SMILES string of the molecule is CCCCCCC/C=C\C/C=C\CCCCCCCCCCCCCC(=O)OC(COC(=O)CCCCCCCCC)COC1OC(CO)C(O)C(O)C1O. The fraction of sp³-hybridized carbons (Fsp3) is 0.867. The zero-order chi connectivity index (χ0) is 40.2. The Morgan fingerprint density at radius 1 is 0.564 bits per heavy atom. The van der Waals surface area contributed by atoms with Crippen molar-refractivity contribution in [2.75, 3.05) is 19.8 Å². The van der Waals surface area contributed by atoms with Crippen LogP contribution in [0.25, 0.3) is 0 Å². The average molecular weight is 783 g/mol. The smallest absolute Gasteiger partial charge is 0.306 e. The molecule has 0 saturated carbocycles. The van der Waals surface area contributed by atoms with E-state index in [1.807, 2.05) is 0 Å². The Balaban J connectivity index is 2.22. The van der Waals surface area contributed by atoms with E-state index in [0.717, 1.165) is 51.4 Å². The molecule has 1 aliphatic heterocycles. The molecule has 0 amide bonds. The van der Waals surface area contributed by atoms with Gasteiger partial charge in [-0.25, -0.2) is 0 Å². The van der Waals surface area contributed by atoms with Crippen molar-refractivity contribution in [2.24, 2.45) is 0 Å². The van der Waals surface area contributed by atoms with Gasteiger partial charge in [-0.05, 0) is 44.9 Å². The molecule has 1 rings (SSSR count). The monoisotopic (exact) mass is 783 g/mol. The fourth-order valence-electron chi connectivity index (χ4n) is 6.75. The lowest BCUT2D eigenvalue weighted by atomic mass is 9.99. The number of hydrogen-bond donors (Lipinski definition) is 4. The maximum atomic E-state index is 12.7. The lowest BCUT2D eigenvalue weighted by molar-refractivity contribution is -0.305. The highest BCUT2D eigenvalue weighted by atomic mass is 16.7. The van der Waals surface area contributed by atoms with Gasteiger partial charge in [0, 0.05) is 12.8 Å². The second-order valence-corrected chi connectivity index (χ2v) is 15.5. The summed E-state index contributed by atoms with van der Waals surface area (Å²) in [5, 5.41) is 39.9. The number of allylic oxidation sites excluding steroid dienone is 4. The Labute approximate surface area is 334 Å². The predicted octanol–water partition coefficient (Wildman–Crippen LogP) is 9.33. The molecule has 0 aliphatic carbocycles. The highest BCUT2D eigenvalue weighted by Gasteiger charge is 2.44. The van der Waals surface area contributed by atoms with Crippen molar-refractivity contribution >= 4 is 11.9 Å². The van der Waals surface area contributed by atoms with Crippen molar-refractivity contribution in [3.05, 3.63) is 24.3 Å². The molecule has 55 heavy (non-hydrogen) atoms. The van der Waals surface area contributed by atoms with Gasteiger partial charge in [-0.2, -0.15) is 0 Å². The standard InChI is InChI=1S/C45H82O10/c1-3-5-7-9-11-12-13-14-15-16-17-18-19-20-21-22-23-24-25-26-28-30-32-34-41(48)54-38(36-52-40(47)33-31-29-27-10-8-6-4-2)37-53-45-44(51)43(50)42(49)39(35-46)55-45/h13-14,16-17,38-39,42-46,49-51H,3-12,15,18-37H2,1-2H3/b14-13-,17-16-. The van der Waals surface area contributed by atoms with E-state index in [1.165, 1.54) is 109 Å². The first kappa shape index (κ1) is 51.2. The minimum Gasteiger partial charge on any atom is -0.462 e. The summed E-state index contributed by atoms with van der Waals surface area (Å²) in [6.45, 7) is 3.36. The summed E-state index contributed by atoms with van der Waals surface area (Å²) in [4.78, 5) is 25.1. The molecule has 6 atom stereocenters. The zero-order valence-electron chi connectivity index (χ0n) is 34.9. The minimum absolute atomic E-state index is 0.216. The molecule has 6 unspecified atom stereocenters. The van der Waals surface area contributed by atoms with Gasteiger partial charge in [0.1, 0.15) is 31.0 Å². The molecule has 0 radical (unpaired) electrons. The molecule has 322 valence electrons. The fourth-order valence-corrected chi connectivity index (χ4v) is 6.75. The first-order chi connectivity index (χ1) is 26.8. The third kappa shape index (κ3) is 28.3. The molecule has 1 fully saturated rings. The molecular weight excluding hydrogens is 700 g/mol. The second-order valence-electron chi connectivity index (χ2n) is 15.5. The molecular formula is C45H82O10. The van der Waals surface area contributed by atoms with E-state index < -0.39 is 49.4 Å². The Bertz CT molecular complexity index is 954. The number of aliphatic hydroxyl groups excluding tert-OH is 4. The van der Waals surface area contributed by atoms with Gasteiger partial charge in [0.05, 0.1) is 13.2 Å². The van der Waals surface area contributed by atoms with Gasteiger partial charge in [0.15, 0.2) is 12.4 Å². The van der Waals surface area contributed by atoms with Crippen LogP contribution in [0.5, 0.6) is 0 Å². The Morgan fingerprint density at radius 2 is 1.02 bits per heavy atom. The molecule has 4 N–H and O–H groups in total.